The van der Waals surface area contributed by atoms with Gasteiger partial charge in [-0.3, -0.25) is 4.79 Å². The Morgan fingerprint density at radius 2 is 1.91 bits per heavy atom. The highest BCUT2D eigenvalue weighted by molar-refractivity contribution is 5.95. The van der Waals surface area contributed by atoms with Gasteiger partial charge in [-0.1, -0.05) is 18.1 Å². The van der Waals surface area contributed by atoms with Gasteiger partial charge in [0.1, 0.15) is 0 Å². The normalized spacial score (nSPS) is 14.0. The van der Waals surface area contributed by atoms with Gasteiger partial charge in [0.2, 0.25) is 0 Å². The summed E-state index contributed by atoms with van der Waals surface area (Å²) in [6.45, 7) is 4.54. The molecular formula is C19H21N3O. The van der Waals surface area contributed by atoms with Gasteiger partial charge in [0.15, 0.2) is 0 Å². The smallest absolute Gasteiger partial charge is 0.250 e. The number of carbonyl (C=O) groups is 1. The fourth-order valence-corrected chi connectivity index (χ4v) is 3.25. The fraction of sp³-hybridized carbons (Fsp3) is 0.316. The molecule has 0 bridgehead atoms. The minimum atomic E-state index is -0.423. The van der Waals surface area contributed by atoms with Crippen LogP contribution >= 0.6 is 0 Å². The highest BCUT2D eigenvalue weighted by Gasteiger charge is 2.17. The first-order valence-corrected chi connectivity index (χ1v) is 7.90. The Labute approximate surface area is 136 Å². The van der Waals surface area contributed by atoms with Crippen molar-refractivity contribution in [3.63, 3.8) is 0 Å². The number of anilines is 1. The molecule has 0 saturated carbocycles. The molecule has 1 aromatic carbocycles. The Hall–Kier alpha value is -2.67. The van der Waals surface area contributed by atoms with Crippen LogP contribution in [0.3, 0.4) is 0 Å². The third-order valence-corrected chi connectivity index (χ3v) is 4.52. The molecule has 2 heterocycles. The first kappa shape index (κ1) is 15.2. The van der Waals surface area contributed by atoms with Crippen LogP contribution in [-0.2, 0) is 6.54 Å². The van der Waals surface area contributed by atoms with Crippen LogP contribution in [0.15, 0.2) is 30.3 Å². The number of benzene rings is 1. The Morgan fingerprint density at radius 1 is 1.26 bits per heavy atom. The van der Waals surface area contributed by atoms with Gasteiger partial charge in [-0.2, -0.15) is 0 Å². The molecule has 4 nitrogen and oxygen atoms in total. The van der Waals surface area contributed by atoms with Crippen LogP contribution in [0.25, 0.3) is 11.3 Å². The topological polar surface area (TPSA) is 51.3 Å². The summed E-state index contributed by atoms with van der Waals surface area (Å²) in [6, 6.07) is 10.3. The van der Waals surface area contributed by atoms with Crippen molar-refractivity contribution in [2.45, 2.75) is 26.3 Å². The van der Waals surface area contributed by atoms with E-state index in [2.05, 4.69) is 35.1 Å². The number of primary amides is 1. The van der Waals surface area contributed by atoms with Crippen LogP contribution in [0.2, 0.25) is 0 Å². The molecule has 3 rings (SSSR count). The highest BCUT2D eigenvalue weighted by atomic mass is 16.1. The minimum absolute atomic E-state index is 0.419. The van der Waals surface area contributed by atoms with Gasteiger partial charge in [0.05, 0.1) is 12.1 Å². The van der Waals surface area contributed by atoms with Crippen molar-refractivity contribution in [3.05, 3.63) is 41.6 Å². The van der Waals surface area contributed by atoms with Gasteiger partial charge in [-0.05, 0) is 43.5 Å². The molecule has 0 atom stereocenters. The first-order valence-electron chi connectivity index (χ1n) is 7.90. The maximum Gasteiger partial charge on any atom is 0.250 e. The second kappa shape index (κ2) is 6.21. The second-order valence-electron chi connectivity index (χ2n) is 5.92. The molecule has 23 heavy (non-hydrogen) atoms. The monoisotopic (exact) mass is 307 g/mol. The third kappa shape index (κ3) is 2.83. The number of amides is 1. The lowest BCUT2D eigenvalue weighted by Gasteiger charge is -2.18. The fourth-order valence-electron chi connectivity index (χ4n) is 3.25. The van der Waals surface area contributed by atoms with Crippen LogP contribution in [0, 0.1) is 19.3 Å². The van der Waals surface area contributed by atoms with Crippen LogP contribution in [0.5, 0.6) is 0 Å². The van der Waals surface area contributed by atoms with Gasteiger partial charge in [-0.15, -0.1) is 6.42 Å². The number of nitrogens with two attached hydrogens (primary N) is 1. The van der Waals surface area contributed by atoms with Gasteiger partial charge in [-0.25, -0.2) is 0 Å². The summed E-state index contributed by atoms with van der Waals surface area (Å²) in [5, 5.41) is 0. The molecule has 2 N–H and O–H groups in total. The Balaban J connectivity index is 1.99. The molecule has 4 heteroatoms. The van der Waals surface area contributed by atoms with E-state index >= 15 is 0 Å². The van der Waals surface area contributed by atoms with Crippen LogP contribution < -0.4 is 10.6 Å². The van der Waals surface area contributed by atoms with E-state index in [1.54, 1.807) is 0 Å². The number of carbonyl (C=O) groups excluding carboxylic acids is 1. The molecule has 0 aliphatic carbocycles. The van der Waals surface area contributed by atoms with E-state index in [1.165, 1.54) is 18.5 Å². The second-order valence-corrected chi connectivity index (χ2v) is 5.92. The van der Waals surface area contributed by atoms with Gasteiger partial charge >= 0.3 is 0 Å². The van der Waals surface area contributed by atoms with Crippen molar-refractivity contribution in [2.24, 2.45) is 5.73 Å². The number of hydrogen-bond acceptors (Lipinski definition) is 2. The average Bonchev–Trinajstić information content (AvgIpc) is 3.17. The molecular weight excluding hydrogens is 286 g/mol. The molecule has 118 valence electrons. The quantitative estimate of drug-likeness (QED) is 0.883. The molecule has 0 spiro atoms. The Kier molecular flexibility index (Phi) is 4.12. The van der Waals surface area contributed by atoms with Crippen molar-refractivity contribution in [1.29, 1.82) is 0 Å². The summed E-state index contributed by atoms with van der Waals surface area (Å²) in [5.41, 5.74) is 10.0. The van der Waals surface area contributed by atoms with Crippen molar-refractivity contribution in [3.8, 4) is 23.6 Å². The molecule has 0 radical (unpaired) electrons. The van der Waals surface area contributed by atoms with Crippen molar-refractivity contribution in [1.82, 2.24) is 4.57 Å². The molecule has 1 saturated heterocycles. The van der Waals surface area contributed by atoms with Crippen LogP contribution in [0.4, 0.5) is 5.69 Å². The van der Waals surface area contributed by atoms with Crippen molar-refractivity contribution < 1.29 is 4.79 Å². The summed E-state index contributed by atoms with van der Waals surface area (Å²) < 4.78 is 1.96. The first-order chi connectivity index (χ1) is 11.1. The summed E-state index contributed by atoms with van der Waals surface area (Å²) in [4.78, 5) is 14.0. The largest absolute Gasteiger partial charge is 0.372 e. The summed E-state index contributed by atoms with van der Waals surface area (Å²) in [5.74, 6) is 2.22. The summed E-state index contributed by atoms with van der Waals surface area (Å²) in [7, 11) is 0. The SMILES string of the molecule is C#CCn1c(-c2ccc(N3CCCC3)cc2)cc(C(N)=O)c1C. The lowest BCUT2D eigenvalue weighted by Crippen LogP contribution is -2.17. The molecule has 0 unspecified atom stereocenters. The standard InChI is InChI=1S/C19H21N3O/c1-3-10-22-14(2)17(19(20)23)13-18(22)15-6-8-16(9-7-15)21-11-4-5-12-21/h1,6-9,13H,4-5,10-12H2,2H3,(H2,20,23). The van der Waals surface area contributed by atoms with E-state index in [1.807, 2.05) is 17.6 Å². The van der Waals surface area contributed by atoms with Crippen LogP contribution in [-0.4, -0.2) is 23.6 Å². The number of terminal acetylenes is 1. The maximum absolute atomic E-state index is 11.6. The molecule has 1 amide bonds. The zero-order valence-electron chi connectivity index (χ0n) is 13.4. The highest BCUT2D eigenvalue weighted by Crippen LogP contribution is 2.28. The van der Waals surface area contributed by atoms with E-state index < -0.39 is 5.91 Å². The predicted molar refractivity (Wildman–Crippen MR) is 93.4 cm³/mol. The lowest BCUT2D eigenvalue weighted by atomic mass is 10.1. The van der Waals surface area contributed by atoms with E-state index in [9.17, 15) is 4.79 Å². The van der Waals surface area contributed by atoms with Crippen LogP contribution in [0.1, 0.15) is 28.9 Å². The van der Waals surface area contributed by atoms with Gasteiger partial charge in [0, 0.05) is 30.2 Å². The molecule has 1 aromatic heterocycles. The summed E-state index contributed by atoms with van der Waals surface area (Å²) >= 11 is 0. The molecule has 1 aliphatic heterocycles. The Bertz CT molecular complexity index is 759. The third-order valence-electron chi connectivity index (χ3n) is 4.52. The van der Waals surface area contributed by atoms with Gasteiger partial charge < -0.3 is 15.2 Å². The van der Waals surface area contributed by atoms with E-state index in [0.717, 1.165) is 30.0 Å². The zero-order valence-corrected chi connectivity index (χ0v) is 13.4. The molecule has 2 aromatic rings. The van der Waals surface area contributed by atoms with E-state index in [-0.39, 0.29) is 0 Å². The van der Waals surface area contributed by atoms with Crippen molar-refractivity contribution >= 4 is 11.6 Å². The van der Waals surface area contributed by atoms with Crippen molar-refractivity contribution in [2.75, 3.05) is 18.0 Å². The van der Waals surface area contributed by atoms with E-state index in [0.29, 0.717) is 12.1 Å². The number of nitrogens with zero attached hydrogens (tertiary/aromatic N) is 2. The van der Waals surface area contributed by atoms with Gasteiger partial charge in [0.25, 0.3) is 5.91 Å². The number of rotatable bonds is 4. The maximum atomic E-state index is 11.6. The van der Waals surface area contributed by atoms with E-state index in [4.69, 9.17) is 12.2 Å². The number of hydrogen-bond donors (Lipinski definition) is 1. The molecule has 1 aliphatic rings. The molecule has 1 fully saturated rings. The lowest BCUT2D eigenvalue weighted by molar-refractivity contribution is 0.0999. The zero-order chi connectivity index (χ0) is 16.4. The number of aromatic nitrogens is 1. The summed E-state index contributed by atoms with van der Waals surface area (Å²) in [6.07, 6.45) is 7.99. The Morgan fingerprint density at radius 3 is 2.48 bits per heavy atom. The predicted octanol–water partition coefficient (Wildman–Crippen LogP) is 2.80. The average molecular weight is 307 g/mol. The minimum Gasteiger partial charge on any atom is -0.372 e.